The zero-order valence-electron chi connectivity index (χ0n) is 10.8. The standard InChI is InChI=1S/C13H24O3/c1-9(2)11-7-5-6-8-13(15,16-11)12(14)10(3)4/h9-11,15H,5-8H2,1-4H3. The first kappa shape index (κ1) is 13.7. The smallest absolute Gasteiger partial charge is 0.226 e. The number of hydrogen-bond acceptors (Lipinski definition) is 3. The Morgan fingerprint density at radius 3 is 2.44 bits per heavy atom. The number of carbonyl (C=O) groups is 1. The Morgan fingerprint density at radius 2 is 1.94 bits per heavy atom. The van der Waals surface area contributed by atoms with Crippen LogP contribution in [0.15, 0.2) is 0 Å². The zero-order chi connectivity index (χ0) is 12.3. The van der Waals surface area contributed by atoms with Crippen LogP contribution in [0.5, 0.6) is 0 Å². The van der Waals surface area contributed by atoms with E-state index in [4.69, 9.17) is 4.74 Å². The molecule has 1 rings (SSSR count). The van der Waals surface area contributed by atoms with Crippen LogP contribution in [0.2, 0.25) is 0 Å². The Labute approximate surface area is 98.2 Å². The van der Waals surface area contributed by atoms with Gasteiger partial charge in [-0.2, -0.15) is 0 Å². The minimum atomic E-state index is -1.54. The van der Waals surface area contributed by atoms with Gasteiger partial charge in [0, 0.05) is 12.3 Å². The van der Waals surface area contributed by atoms with Crippen LogP contribution in [0, 0.1) is 11.8 Å². The summed E-state index contributed by atoms with van der Waals surface area (Å²) in [4.78, 5) is 12.0. The van der Waals surface area contributed by atoms with Crippen molar-refractivity contribution < 1.29 is 14.6 Å². The van der Waals surface area contributed by atoms with Crippen molar-refractivity contribution in [3.8, 4) is 0 Å². The lowest BCUT2D eigenvalue weighted by molar-refractivity contribution is -0.230. The largest absolute Gasteiger partial charge is 0.360 e. The van der Waals surface area contributed by atoms with E-state index in [9.17, 15) is 9.90 Å². The summed E-state index contributed by atoms with van der Waals surface area (Å²) in [5, 5.41) is 10.3. The number of ketones is 1. The molecule has 1 saturated heterocycles. The molecule has 0 aromatic carbocycles. The van der Waals surface area contributed by atoms with Crippen LogP contribution in [-0.4, -0.2) is 22.8 Å². The SMILES string of the molecule is CC(C)C(=O)C1(O)CCCCC(C(C)C)O1. The number of Topliss-reactive ketones (excluding diaryl/α,β-unsaturated/α-hetero) is 1. The Hall–Kier alpha value is -0.410. The molecule has 0 bridgehead atoms. The summed E-state index contributed by atoms with van der Waals surface area (Å²) in [6, 6.07) is 0. The van der Waals surface area contributed by atoms with E-state index < -0.39 is 5.79 Å². The first-order chi connectivity index (χ1) is 7.37. The van der Waals surface area contributed by atoms with Crippen molar-refractivity contribution in [2.75, 3.05) is 0 Å². The molecule has 16 heavy (non-hydrogen) atoms. The highest BCUT2D eigenvalue weighted by Crippen LogP contribution is 2.31. The highest BCUT2D eigenvalue weighted by Gasteiger charge is 2.42. The molecule has 0 aliphatic carbocycles. The molecule has 0 spiro atoms. The Kier molecular flexibility index (Phi) is 4.51. The average molecular weight is 228 g/mol. The summed E-state index contributed by atoms with van der Waals surface area (Å²) in [7, 11) is 0. The van der Waals surface area contributed by atoms with Crippen molar-refractivity contribution in [3.05, 3.63) is 0 Å². The second-order valence-corrected chi connectivity index (χ2v) is 5.45. The van der Waals surface area contributed by atoms with Crippen molar-refractivity contribution >= 4 is 5.78 Å². The van der Waals surface area contributed by atoms with Crippen molar-refractivity contribution in [2.24, 2.45) is 11.8 Å². The van der Waals surface area contributed by atoms with Gasteiger partial charge in [-0.05, 0) is 18.8 Å². The number of ether oxygens (including phenoxy) is 1. The highest BCUT2D eigenvalue weighted by atomic mass is 16.6. The zero-order valence-corrected chi connectivity index (χ0v) is 10.8. The minimum absolute atomic E-state index is 0.00444. The van der Waals surface area contributed by atoms with Gasteiger partial charge in [-0.3, -0.25) is 4.79 Å². The van der Waals surface area contributed by atoms with E-state index in [1.165, 1.54) is 0 Å². The van der Waals surface area contributed by atoms with E-state index in [1.54, 1.807) is 13.8 Å². The molecule has 0 aromatic heterocycles. The third kappa shape index (κ3) is 3.05. The maximum atomic E-state index is 12.0. The van der Waals surface area contributed by atoms with Gasteiger partial charge in [0.1, 0.15) is 0 Å². The Morgan fingerprint density at radius 1 is 1.31 bits per heavy atom. The molecule has 2 atom stereocenters. The average Bonchev–Trinajstić information content (AvgIpc) is 2.40. The Balaban J connectivity index is 2.81. The van der Waals surface area contributed by atoms with Crippen LogP contribution in [0.25, 0.3) is 0 Å². The van der Waals surface area contributed by atoms with Crippen molar-refractivity contribution in [2.45, 2.75) is 65.3 Å². The van der Waals surface area contributed by atoms with Gasteiger partial charge in [-0.15, -0.1) is 0 Å². The van der Waals surface area contributed by atoms with E-state index in [-0.39, 0.29) is 17.8 Å². The number of aliphatic hydroxyl groups is 1. The molecule has 0 saturated carbocycles. The molecule has 0 aromatic rings. The van der Waals surface area contributed by atoms with Gasteiger partial charge in [0.05, 0.1) is 6.10 Å². The van der Waals surface area contributed by atoms with Gasteiger partial charge in [0.15, 0.2) is 5.78 Å². The topological polar surface area (TPSA) is 46.5 Å². The third-order valence-corrected chi connectivity index (χ3v) is 3.25. The molecular formula is C13H24O3. The normalized spacial score (nSPS) is 31.8. The lowest BCUT2D eigenvalue weighted by Crippen LogP contribution is -2.46. The van der Waals surface area contributed by atoms with Gasteiger partial charge in [-0.1, -0.05) is 34.1 Å². The lowest BCUT2D eigenvalue weighted by atomic mass is 9.96. The van der Waals surface area contributed by atoms with Crippen molar-refractivity contribution in [1.82, 2.24) is 0 Å². The van der Waals surface area contributed by atoms with Crippen molar-refractivity contribution in [1.29, 1.82) is 0 Å². The van der Waals surface area contributed by atoms with Gasteiger partial charge in [-0.25, -0.2) is 0 Å². The van der Waals surface area contributed by atoms with Crippen molar-refractivity contribution in [3.63, 3.8) is 0 Å². The fraction of sp³-hybridized carbons (Fsp3) is 0.923. The number of rotatable bonds is 3. The summed E-state index contributed by atoms with van der Waals surface area (Å²) in [6.45, 7) is 7.74. The van der Waals surface area contributed by atoms with Crippen LogP contribution in [0.4, 0.5) is 0 Å². The summed E-state index contributed by atoms with van der Waals surface area (Å²) in [5.74, 6) is -1.57. The van der Waals surface area contributed by atoms with E-state index in [0.29, 0.717) is 12.3 Å². The quantitative estimate of drug-likeness (QED) is 0.807. The number of carbonyl (C=O) groups excluding carboxylic acids is 1. The molecular weight excluding hydrogens is 204 g/mol. The summed E-state index contributed by atoms with van der Waals surface area (Å²) in [5.41, 5.74) is 0. The summed E-state index contributed by atoms with van der Waals surface area (Å²) in [6.07, 6.45) is 3.25. The van der Waals surface area contributed by atoms with Crippen LogP contribution in [0.1, 0.15) is 53.4 Å². The fourth-order valence-electron chi connectivity index (χ4n) is 2.18. The first-order valence-electron chi connectivity index (χ1n) is 6.31. The van der Waals surface area contributed by atoms with Crippen LogP contribution >= 0.6 is 0 Å². The van der Waals surface area contributed by atoms with Crippen LogP contribution in [-0.2, 0) is 9.53 Å². The summed E-state index contributed by atoms with van der Waals surface area (Å²) >= 11 is 0. The van der Waals surface area contributed by atoms with Crippen LogP contribution < -0.4 is 0 Å². The molecule has 1 heterocycles. The molecule has 1 aliphatic heterocycles. The highest BCUT2D eigenvalue weighted by molar-refractivity contribution is 5.87. The van der Waals surface area contributed by atoms with E-state index in [2.05, 4.69) is 13.8 Å². The molecule has 0 amide bonds. The molecule has 1 N–H and O–H groups in total. The molecule has 3 nitrogen and oxygen atoms in total. The monoisotopic (exact) mass is 228 g/mol. The second kappa shape index (κ2) is 5.28. The fourth-order valence-corrected chi connectivity index (χ4v) is 2.18. The van der Waals surface area contributed by atoms with E-state index >= 15 is 0 Å². The van der Waals surface area contributed by atoms with Crippen LogP contribution in [0.3, 0.4) is 0 Å². The summed E-state index contributed by atoms with van der Waals surface area (Å²) < 4.78 is 5.69. The molecule has 2 unspecified atom stereocenters. The van der Waals surface area contributed by atoms with Gasteiger partial charge >= 0.3 is 0 Å². The molecule has 0 radical (unpaired) electrons. The van der Waals surface area contributed by atoms with Gasteiger partial charge in [0.25, 0.3) is 0 Å². The maximum Gasteiger partial charge on any atom is 0.226 e. The molecule has 94 valence electrons. The number of hydrogen-bond donors (Lipinski definition) is 1. The maximum absolute atomic E-state index is 12.0. The first-order valence-corrected chi connectivity index (χ1v) is 6.31. The lowest BCUT2D eigenvalue weighted by Gasteiger charge is -2.31. The minimum Gasteiger partial charge on any atom is -0.360 e. The predicted molar refractivity (Wildman–Crippen MR) is 63.0 cm³/mol. The van der Waals surface area contributed by atoms with Gasteiger partial charge < -0.3 is 9.84 Å². The Bertz CT molecular complexity index is 248. The second-order valence-electron chi connectivity index (χ2n) is 5.45. The third-order valence-electron chi connectivity index (χ3n) is 3.25. The molecule has 3 heteroatoms. The van der Waals surface area contributed by atoms with E-state index in [0.717, 1.165) is 19.3 Å². The molecule has 1 fully saturated rings. The van der Waals surface area contributed by atoms with E-state index in [1.807, 2.05) is 0 Å². The predicted octanol–water partition coefficient (Wildman–Crippen LogP) is 2.52. The molecule has 1 aliphatic rings. The van der Waals surface area contributed by atoms with Gasteiger partial charge in [0.2, 0.25) is 5.79 Å².